The highest BCUT2D eigenvalue weighted by atomic mass is 79.9. The van der Waals surface area contributed by atoms with Gasteiger partial charge in [-0.2, -0.15) is 0 Å². The third kappa shape index (κ3) is 2.96. The first kappa shape index (κ1) is 16.9. The molecule has 25 heavy (non-hydrogen) atoms. The van der Waals surface area contributed by atoms with Gasteiger partial charge in [-0.05, 0) is 61.4 Å². The maximum Gasteiger partial charge on any atom is 0.0483 e. The van der Waals surface area contributed by atoms with Crippen LogP contribution in [0.1, 0.15) is 25.0 Å². The number of halogens is 2. The Hall–Kier alpha value is -1.52. The average Bonchev–Trinajstić information content (AvgIpc) is 3.13. The minimum absolute atomic E-state index is 0.944. The van der Waals surface area contributed by atoms with Crippen LogP contribution in [0, 0.1) is 0 Å². The maximum atomic E-state index is 3.63. The molecule has 0 N–H and O–H groups in total. The van der Waals surface area contributed by atoms with Crippen molar-refractivity contribution in [1.82, 2.24) is 9.13 Å². The first-order valence-corrected chi connectivity index (χ1v) is 10.2. The summed E-state index contributed by atoms with van der Waals surface area (Å²) in [5, 5.41) is 2.67. The molecule has 4 rings (SSSR count). The van der Waals surface area contributed by atoms with Crippen molar-refractivity contribution in [3.05, 3.63) is 68.9 Å². The maximum absolute atomic E-state index is 3.63. The lowest BCUT2D eigenvalue weighted by Crippen LogP contribution is -1.91. The van der Waals surface area contributed by atoms with Gasteiger partial charge in [0.1, 0.15) is 0 Å². The zero-order valence-corrected chi connectivity index (χ0v) is 17.6. The molecule has 0 unspecified atom stereocenters. The summed E-state index contributed by atoms with van der Waals surface area (Å²) in [5.74, 6) is 0. The van der Waals surface area contributed by atoms with Crippen molar-refractivity contribution < 1.29 is 0 Å². The van der Waals surface area contributed by atoms with Crippen molar-refractivity contribution >= 4 is 53.7 Å². The molecule has 0 aliphatic rings. The third-order valence-electron chi connectivity index (χ3n) is 4.91. The van der Waals surface area contributed by atoms with Gasteiger partial charge in [0.2, 0.25) is 0 Å². The predicted molar refractivity (Wildman–Crippen MR) is 113 cm³/mol. The quantitative estimate of drug-likeness (QED) is 0.319. The van der Waals surface area contributed by atoms with Crippen LogP contribution in [0.2, 0.25) is 0 Å². The second-order valence-corrected chi connectivity index (χ2v) is 8.21. The van der Waals surface area contributed by atoms with Gasteiger partial charge < -0.3 is 9.13 Å². The smallest absolute Gasteiger partial charge is 0.0483 e. The largest absolute Gasteiger partial charge is 0.347 e. The van der Waals surface area contributed by atoms with Crippen molar-refractivity contribution in [2.24, 2.45) is 0 Å². The number of nitrogens with zero attached hydrogens (tertiary/aromatic N) is 2. The molecule has 2 nitrogen and oxygen atoms in total. The van der Waals surface area contributed by atoms with E-state index in [1.54, 1.807) is 0 Å². The predicted octanol–water partition coefficient (Wildman–Crippen LogP) is 6.75. The normalized spacial score (nSPS) is 11.7. The fourth-order valence-corrected chi connectivity index (χ4v) is 4.42. The Kier molecular flexibility index (Phi) is 4.50. The number of hydrogen-bond donors (Lipinski definition) is 0. The number of fused-ring (bicyclic) bond motifs is 2. The number of rotatable bonds is 4. The van der Waals surface area contributed by atoms with E-state index in [1.807, 2.05) is 0 Å². The van der Waals surface area contributed by atoms with E-state index >= 15 is 0 Å². The highest BCUT2D eigenvalue weighted by molar-refractivity contribution is 9.10. The van der Waals surface area contributed by atoms with E-state index < -0.39 is 0 Å². The Bertz CT molecular complexity index is 987. The third-order valence-corrected chi connectivity index (χ3v) is 5.90. The van der Waals surface area contributed by atoms with Crippen molar-refractivity contribution in [1.29, 1.82) is 0 Å². The highest BCUT2D eigenvalue weighted by Gasteiger charge is 2.13. The van der Waals surface area contributed by atoms with Crippen LogP contribution in [0.15, 0.2) is 57.7 Å². The molecule has 0 radical (unpaired) electrons. The molecule has 4 heteroatoms. The van der Waals surface area contributed by atoms with Crippen LogP contribution >= 0.6 is 31.9 Å². The Morgan fingerprint density at radius 1 is 0.720 bits per heavy atom. The van der Waals surface area contributed by atoms with E-state index in [4.69, 9.17) is 0 Å². The molecule has 128 valence electrons. The molecule has 0 amide bonds. The molecule has 4 aromatic rings. The Morgan fingerprint density at radius 2 is 1.16 bits per heavy atom. The Balaban J connectivity index is 1.88. The van der Waals surface area contributed by atoms with Gasteiger partial charge in [0.15, 0.2) is 0 Å². The summed E-state index contributed by atoms with van der Waals surface area (Å²) in [6, 6.07) is 13.1. The second kappa shape index (κ2) is 6.65. The molecule has 2 heterocycles. The topological polar surface area (TPSA) is 9.86 Å². The van der Waals surface area contributed by atoms with Gasteiger partial charge >= 0.3 is 0 Å². The lowest BCUT2D eigenvalue weighted by Gasteiger charge is -2.01. The first-order chi connectivity index (χ1) is 12.1. The summed E-state index contributed by atoms with van der Waals surface area (Å²) >= 11 is 7.26. The van der Waals surface area contributed by atoms with Crippen molar-refractivity contribution in [3.63, 3.8) is 0 Å². The SMILES string of the molecule is CCn1cc(Cc2cn(CC)c3ccc(Br)cc23)c2cc(Br)ccc21. The van der Waals surface area contributed by atoms with Gasteiger partial charge in [-0.25, -0.2) is 0 Å². The average molecular weight is 460 g/mol. The number of aryl methyl sites for hydroxylation is 2. The number of hydrogen-bond acceptors (Lipinski definition) is 0. The van der Waals surface area contributed by atoms with Crippen molar-refractivity contribution in [2.75, 3.05) is 0 Å². The molecular formula is C21H20Br2N2. The van der Waals surface area contributed by atoms with E-state index in [0.29, 0.717) is 0 Å². The fourth-order valence-electron chi connectivity index (χ4n) is 3.70. The van der Waals surface area contributed by atoms with Crippen LogP contribution in [-0.2, 0) is 19.5 Å². The molecule has 0 atom stereocenters. The van der Waals surface area contributed by atoms with Crippen LogP contribution in [-0.4, -0.2) is 9.13 Å². The van der Waals surface area contributed by atoms with E-state index in [2.05, 4.69) is 104 Å². The standard InChI is InChI=1S/C21H20Br2N2/c1-3-24-12-14(18-10-16(22)5-7-20(18)24)9-15-13-25(4-2)21-8-6-17(23)11-19(15)21/h5-8,10-13H,3-4,9H2,1-2H3. The van der Waals surface area contributed by atoms with Crippen LogP contribution in [0.25, 0.3) is 21.8 Å². The van der Waals surface area contributed by atoms with E-state index in [1.165, 1.54) is 32.9 Å². The molecule has 0 bridgehead atoms. The minimum Gasteiger partial charge on any atom is -0.347 e. The van der Waals surface area contributed by atoms with E-state index in [9.17, 15) is 0 Å². The van der Waals surface area contributed by atoms with Gasteiger partial charge in [-0.3, -0.25) is 0 Å². The van der Waals surface area contributed by atoms with Crippen LogP contribution in [0.3, 0.4) is 0 Å². The molecular weight excluding hydrogens is 440 g/mol. The van der Waals surface area contributed by atoms with Crippen LogP contribution in [0.5, 0.6) is 0 Å². The summed E-state index contributed by atoms with van der Waals surface area (Å²) in [7, 11) is 0. The monoisotopic (exact) mass is 458 g/mol. The minimum atomic E-state index is 0.944. The van der Waals surface area contributed by atoms with Crippen LogP contribution in [0.4, 0.5) is 0 Å². The van der Waals surface area contributed by atoms with Crippen molar-refractivity contribution in [2.45, 2.75) is 33.4 Å². The summed E-state index contributed by atoms with van der Waals surface area (Å²) < 4.78 is 6.94. The number of benzene rings is 2. The molecule has 0 fully saturated rings. The zero-order chi connectivity index (χ0) is 17.6. The summed E-state index contributed by atoms with van der Waals surface area (Å²) in [5.41, 5.74) is 5.38. The molecule has 0 saturated heterocycles. The molecule has 2 aromatic carbocycles. The summed E-state index contributed by atoms with van der Waals surface area (Å²) in [4.78, 5) is 0. The molecule has 0 aliphatic heterocycles. The second-order valence-electron chi connectivity index (χ2n) is 6.38. The van der Waals surface area contributed by atoms with Gasteiger partial charge in [0, 0.05) is 62.7 Å². The van der Waals surface area contributed by atoms with Gasteiger partial charge in [0.25, 0.3) is 0 Å². The van der Waals surface area contributed by atoms with Gasteiger partial charge in [0.05, 0.1) is 0 Å². The first-order valence-electron chi connectivity index (χ1n) is 8.65. The summed E-state index contributed by atoms with van der Waals surface area (Å²) in [6.45, 7) is 6.37. The fraction of sp³-hybridized carbons (Fsp3) is 0.238. The van der Waals surface area contributed by atoms with Gasteiger partial charge in [-0.15, -0.1) is 0 Å². The molecule has 0 spiro atoms. The van der Waals surface area contributed by atoms with Crippen molar-refractivity contribution in [3.8, 4) is 0 Å². The lowest BCUT2D eigenvalue weighted by atomic mass is 10.0. The lowest BCUT2D eigenvalue weighted by molar-refractivity contribution is 0.789. The number of aromatic nitrogens is 2. The zero-order valence-electron chi connectivity index (χ0n) is 14.4. The Morgan fingerprint density at radius 3 is 1.56 bits per heavy atom. The molecule has 0 saturated carbocycles. The molecule has 0 aliphatic carbocycles. The molecule has 2 aromatic heterocycles. The van der Waals surface area contributed by atoms with E-state index in [-0.39, 0.29) is 0 Å². The van der Waals surface area contributed by atoms with E-state index in [0.717, 1.165) is 28.5 Å². The van der Waals surface area contributed by atoms with Gasteiger partial charge in [-0.1, -0.05) is 31.9 Å². The highest BCUT2D eigenvalue weighted by Crippen LogP contribution is 2.31. The Labute approximate surface area is 164 Å². The summed E-state index contributed by atoms with van der Waals surface area (Å²) in [6.07, 6.45) is 5.56. The van der Waals surface area contributed by atoms with Crippen LogP contribution < -0.4 is 0 Å².